The first-order valence-electron chi connectivity index (χ1n) is 12.7. The zero-order valence-electron chi connectivity index (χ0n) is 21.4. The Morgan fingerprint density at radius 3 is 2.78 bits per heavy atom. The number of carbonyl (C=O) groups excluding carboxylic acids is 1. The van der Waals surface area contributed by atoms with Gasteiger partial charge in [-0.15, -0.1) is 0 Å². The minimum atomic E-state index is -0.971. The molecule has 1 fully saturated rings. The molecule has 0 spiro atoms. The first kappa shape index (κ1) is 26.1. The number of rotatable bonds is 6. The van der Waals surface area contributed by atoms with Crippen LogP contribution in [0.2, 0.25) is 0 Å². The van der Waals surface area contributed by atoms with E-state index in [4.69, 9.17) is 4.74 Å². The van der Waals surface area contributed by atoms with Crippen LogP contribution >= 0.6 is 0 Å². The van der Waals surface area contributed by atoms with Gasteiger partial charge in [0.2, 0.25) is 5.88 Å². The number of hydrogen-bond acceptors (Lipinski definition) is 7. The number of aromatic nitrogens is 2. The summed E-state index contributed by atoms with van der Waals surface area (Å²) in [5, 5.41) is 20.5. The van der Waals surface area contributed by atoms with Crippen molar-refractivity contribution in [2.24, 2.45) is 5.92 Å². The van der Waals surface area contributed by atoms with E-state index >= 15 is 0 Å². The molecule has 1 saturated carbocycles. The van der Waals surface area contributed by atoms with E-state index in [0.717, 1.165) is 18.5 Å². The van der Waals surface area contributed by atoms with Gasteiger partial charge < -0.3 is 19.8 Å². The highest BCUT2D eigenvalue weighted by Crippen LogP contribution is 2.30. The summed E-state index contributed by atoms with van der Waals surface area (Å²) >= 11 is 0. The van der Waals surface area contributed by atoms with Crippen LogP contribution in [-0.2, 0) is 6.54 Å². The molecule has 8 nitrogen and oxygen atoms in total. The molecule has 2 aromatic rings. The molecule has 1 amide bonds. The predicted molar refractivity (Wildman–Crippen MR) is 136 cm³/mol. The average Bonchev–Trinajstić information content (AvgIpc) is 3.31. The Kier molecular flexibility index (Phi) is 8.24. The smallest absolute Gasteiger partial charge is 0.259 e. The van der Waals surface area contributed by atoms with Crippen molar-refractivity contribution in [3.8, 4) is 17.7 Å². The molecular weight excluding hydrogens is 456 g/mol. The standard InChI is InChI=1S/C28H36N4O4/c1-20-16-32(21(2)19-33)27(34)24-14-22(9-12-28(35)10-5-6-11-28)15-30-26(24)36-25(20)18-31(3)17-23-8-4-7-13-29-23/h4,7-8,13-15,20-21,25,33,35H,5-6,10-11,16-19H2,1-3H3/t20-,21+,25-/m1/s1. The topological polar surface area (TPSA) is 99.0 Å². The molecule has 0 unspecified atom stereocenters. The highest BCUT2D eigenvalue weighted by molar-refractivity contribution is 5.97. The molecule has 0 radical (unpaired) electrons. The van der Waals surface area contributed by atoms with E-state index in [-0.39, 0.29) is 36.5 Å². The van der Waals surface area contributed by atoms with E-state index in [1.807, 2.05) is 32.2 Å². The van der Waals surface area contributed by atoms with E-state index in [0.29, 0.717) is 43.6 Å². The van der Waals surface area contributed by atoms with Gasteiger partial charge in [-0.3, -0.25) is 14.7 Å². The van der Waals surface area contributed by atoms with Crippen LogP contribution in [0.3, 0.4) is 0 Å². The van der Waals surface area contributed by atoms with Gasteiger partial charge in [-0.2, -0.15) is 0 Å². The fraction of sp³-hybridized carbons (Fsp3) is 0.536. The van der Waals surface area contributed by atoms with Crippen LogP contribution in [0, 0.1) is 17.8 Å². The lowest BCUT2D eigenvalue weighted by molar-refractivity contribution is 0.0324. The highest BCUT2D eigenvalue weighted by atomic mass is 16.5. The summed E-state index contributed by atoms with van der Waals surface area (Å²) in [4.78, 5) is 26.3. The molecule has 3 atom stereocenters. The Labute approximate surface area is 213 Å². The molecule has 1 aliphatic carbocycles. The van der Waals surface area contributed by atoms with Crippen LogP contribution in [-0.4, -0.2) is 80.4 Å². The number of aliphatic hydroxyl groups excluding tert-OH is 1. The van der Waals surface area contributed by atoms with Crippen LogP contribution in [0.25, 0.3) is 0 Å². The van der Waals surface area contributed by atoms with E-state index in [1.54, 1.807) is 23.4 Å². The van der Waals surface area contributed by atoms with Gasteiger partial charge in [0.25, 0.3) is 5.91 Å². The number of hydrogen-bond donors (Lipinski definition) is 2. The van der Waals surface area contributed by atoms with Crippen molar-refractivity contribution in [3.63, 3.8) is 0 Å². The molecule has 8 heteroatoms. The van der Waals surface area contributed by atoms with E-state index in [2.05, 4.69) is 33.6 Å². The van der Waals surface area contributed by atoms with Crippen LogP contribution in [0.15, 0.2) is 36.7 Å². The molecule has 0 saturated heterocycles. The van der Waals surface area contributed by atoms with Crippen molar-refractivity contribution in [2.75, 3.05) is 26.7 Å². The first-order valence-corrected chi connectivity index (χ1v) is 12.7. The lowest BCUT2D eigenvalue weighted by Gasteiger charge is -2.37. The zero-order chi connectivity index (χ0) is 25.7. The third-order valence-corrected chi connectivity index (χ3v) is 7.04. The normalized spacial score (nSPS) is 22.2. The predicted octanol–water partition coefficient (Wildman–Crippen LogP) is 2.49. The largest absolute Gasteiger partial charge is 0.472 e. The lowest BCUT2D eigenvalue weighted by Crippen LogP contribution is -2.49. The van der Waals surface area contributed by atoms with E-state index in [9.17, 15) is 15.0 Å². The number of carbonyl (C=O) groups is 1. The zero-order valence-corrected chi connectivity index (χ0v) is 21.4. The van der Waals surface area contributed by atoms with E-state index < -0.39 is 5.60 Å². The quantitative estimate of drug-likeness (QED) is 0.598. The van der Waals surface area contributed by atoms with Crippen LogP contribution in [0.1, 0.15) is 61.1 Å². The summed E-state index contributed by atoms with van der Waals surface area (Å²) in [6, 6.07) is 7.19. The molecule has 2 aliphatic rings. The van der Waals surface area contributed by atoms with Crippen LogP contribution in [0.4, 0.5) is 0 Å². The molecule has 0 aromatic carbocycles. The van der Waals surface area contributed by atoms with Crippen molar-refractivity contribution in [3.05, 3.63) is 53.5 Å². The maximum absolute atomic E-state index is 13.6. The molecule has 1 aliphatic heterocycles. The Morgan fingerprint density at radius 1 is 1.31 bits per heavy atom. The van der Waals surface area contributed by atoms with Crippen LogP contribution < -0.4 is 4.74 Å². The maximum Gasteiger partial charge on any atom is 0.259 e. The minimum Gasteiger partial charge on any atom is -0.472 e. The summed E-state index contributed by atoms with van der Waals surface area (Å²) < 4.78 is 6.36. The monoisotopic (exact) mass is 492 g/mol. The second-order valence-corrected chi connectivity index (χ2v) is 10.2. The minimum absolute atomic E-state index is 0.000152. The van der Waals surface area contributed by atoms with Gasteiger partial charge >= 0.3 is 0 Å². The fourth-order valence-electron chi connectivity index (χ4n) is 4.80. The molecule has 2 N–H and O–H groups in total. The molecule has 4 rings (SSSR count). The van der Waals surface area contributed by atoms with Gasteiger partial charge in [-0.25, -0.2) is 4.98 Å². The first-order chi connectivity index (χ1) is 17.3. The molecule has 0 bridgehead atoms. The summed E-state index contributed by atoms with van der Waals surface area (Å²) in [6.07, 6.45) is 6.39. The lowest BCUT2D eigenvalue weighted by atomic mass is 9.99. The number of likely N-dealkylation sites (N-methyl/N-ethyl adjacent to an activating group) is 1. The van der Waals surface area contributed by atoms with Gasteiger partial charge in [0.1, 0.15) is 17.3 Å². The second kappa shape index (κ2) is 11.4. The van der Waals surface area contributed by atoms with Crippen molar-refractivity contribution in [1.29, 1.82) is 0 Å². The molecular formula is C28H36N4O4. The second-order valence-electron chi connectivity index (χ2n) is 10.2. The number of nitrogens with zero attached hydrogens (tertiary/aromatic N) is 4. The molecule has 36 heavy (non-hydrogen) atoms. The maximum atomic E-state index is 13.6. The van der Waals surface area contributed by atoms with Gasteiger partial charge in [-0.1, -0.05) is 24.8 Å². The van der Waals surface area contributed by atoms with Crippen molar-refractivity contribution in [1.82, 2.24) is 19.8 Å². The van der Waals surface area contributed by atoms with Crippen LogP contribution in [0.5, 0.6) is 5.88 Å². The van der Waals surface area contributed by atoms with Crippen molar-refractivity contribution >= 4 is 5.91 Å². The fourth-order valence-corrected chi connectivity index (χ4v) is 4.80. The Hall–Kier alpha value is -2.99. The highest BCUT2D eigenvalue weighted by Gasteiger charge is 2.34. The molecule has 192 valence electrons. The van der Waals surface area contributed by atoms with Crippen molar-refractivity contribution < 1.29 is 19.7 Å². The SMILES string of the molecule is C[C@@H]1CN([C@@H](C)CO)C(=O)c2cc(C#CC3(O)CCCC3)cnc2O[C@@H]1CN(C)Cc1ccccn1. The number of amides is 1. The number of ether oxygens (including phenoxy) is 1. The third kappa shape index (κ3) is 6.22. The summed E-state index contributed by atoms with van der Waals surface area (Å²) in [7, 11) is 2.02. The van der Waals surface area contributed by atoms with Crippen molar-refractivity contribution in [2.45, 2.75) is 63.8 Å². The van der Waals surface area contributed by atoms with Gasteiger partial charge in [-0.05, 0) is 57.9 Å². The number of pyridine rings is 2. The summed E-state index contributed by atoms with van der Waals surface area (Å²) in [5.74, 6) is 6.02. The Balaban J connectivity index is 1.61. The van der Waals surface area contributed by atoms with Gasteiger partial charge in [0.05, 0.1) is 18.3 Å². The van der Waals surface area contributed by atoms with Gasteiger partial charge in [0.15, 0.2) is 0 Å². The Bertz CT molecular complexity index is 1110. The number of aliphatic hydroxyl groups is 2. The van der Waals surface area contributed by atoms with E-state index in [1.165, 1.54) is 0 Å². The Morgan fingerprint density at radius 2 is 2.08 bits per heavy atom. The summed E-state index contributed by atoms with van der Waals surface area (Å²) in [6.45, 7) is 5.47. The molecule has 3 heterocycles. The average molecular weight is 493 g/mol. The number of fused-ring (bicyclic) bond motifs is 1. The molecule has 2 aromatic heterocycles. The summed E-state index contributed by atoms with van der Waals surface area (Å²) in [5.41, 5.74) is 0.876. The third-order valence-electron chi connectivity index (χ3n) is 7.04. The van der Waals surface area contributed by atoms with Gasteiger partial charge in [0, 0.05) is 43.5 Å².